The molecule has 1 heterocycles. The Hall–Kier alpha value is -2.57. The van der Waals surface area contributed by atoms with Crippen LogP contribution in [0.15, 0.2) is 59.6 Å². The van der Waals surface area contributed by atoms with Gasteiger partial charge in [0.05, 0.1) is 7.11 Å². The van der Waals surface area contributed by atoms with Gasteiger partial charge in [0.25, 0.3) is 0 Å². The van der Waals surface area contributed by atoms with Crippen LogP contribution in [0.5, 0.6) is 5.75 Å². The first-order valence-electron chi connectivity index (χ1n) is 9.43. The van der Waals surface area contributed by atoms with E-state index in [1.54, 1.807) is 25.5 Å². The van der Waals surface area contributed by atoms with Crippen LogP contribution < -0.4 is 15.4 Å². The number of aliphatic hydroxyl groups excluding tert-OH is 1. The molecule has 5 nitrogen and oxygen atoms in total. The average molecular weight is 398 g/mol. The van der Waals surface area contributed by atoms with Crippen LogP contribution in [0.25, 0.3) is 10.1 Å². The van der Waals surface area contributed by atoms with Crippen LogP contribution in [0, 0.1) is 0 Å². The van der Waals surface area contributed by atoms with Crippen LogP contribution in [0.3, 0.4) is 0 Å². The van der Waals surface area contributed by atoms with Crippen LogP contribution in [-0.2, 0) is 6.42 Å². The molecule has 148 valence electrons. The molecule has 0 aliphatic rings. The molecule has 0 aliphatic carbocycles. The summed E-state index contributed by atoms with van der Waals surface area (Å²) in [6.07, 6.45) is 1.42. The van der Waals surface area contributed by atoms with Crippen molar-refractivity contribution in [3.63, 3.8) is 0 Å². The zero-order valence-corrected chi connectivity index (χ0v) is 17.1. The highest BCUT2D eigenvalue weighted by Gasteiger charge is 2.12. The second-order valence-electron chi connectivity index (χ2n) is 6.53. The third-order valence-corrected chi connectivity index (χ3v) is 5.77. The Bertz CT molecular complexity index is 873. The second-order valence-corrected chi connectivity index (χ2v) is 7.65. The summed E-state index contributed by atoms with van der Waals surface area (Å²) >= 11 is 1.63. The Labute approximate surface area is 170 Å². The van der Waals surface area contributed by atoms with E-state index in [0.717, 1.165) is 30.0 Å². The van der Waals surface area contributed by atoms with E-state index in [9.17, 15) is 5.11 Å². The molecule has 6 heteroatoms. The molecule has 0 fully saturated rings. The van der Waals surface area contributed by atoms with Crippen molar-refractivity contribution in [2.45, 2.75) is 18.9 Å². The highest BCUT2D eigenvalue weighted by Crippen LogP contribution is 2.29. The standard InChI is InChI=1S/C22H27N3O2S/c1-23-22(24-13-5-6-16-9-11-18(27-2)12-10-16)25-15-19(26)21-14-17-7-3-4-8-20(17)28-21/h3-4,7-12,14,19,26H,5-6,13,15H2,1-2H3,(H2,23,24,25). The number of thiophene rings is 1. The fourth-order valence-electron chi connectivity index (χ4n) is 2.97. The van der Waals surface area contributed by atoms with Gasteiger partial charge >= 0.3 is 0 Å². The lowest BCUT2D eigenvalue weighted by Crippen LogP contribution is -2.39. The fraction of sp³-hybridized carbons (Fsp3) is 0.318. The molecule has 1 aromatic heterocycles. The van der Waals surface area contributed by atoms with Crippen molar-refractivity contribution in [2.24, 2.45) is 4.99 Å². The average Bonchev–Trinajstić information content (AvgIpc) is 3.18. The van der Waals surface area contributed by atoms with Gasteiger partial charge in [-0.2, -0.15) is 0 Å². The SMILES string of the molecule is CN=C(NCCCc1ccc(OC)cc1)NCC(O)c1cc2ccccc2s1. The highest BCUT2D eigenvalue weighted by atomic mass is 32.1. The van der Waals surface area contributed by atoms with Crippen LogP contribution in [-0.4, -0.2) is 38.3 Å². The molecule has 1 atom stereocenters. The number of rotatable bonds is 8. The summed E-state index contributed by atoms with van der Waals surface area (Å²) in [6, 6.07) is 18.4. The van der Waals surface area contributed by atoms with E-state index in [1.165, 1.54) is 15.6 Å². The van der Waals surface area contributed by atoms with E-state index < -0.39 is 6.10 Å². The molecule has 0 aliphatic heterocycles. The van der Waals surface area contributed by atoms with Gasteiger partial charge < -0.3 is 20.5 Å². The summed E-state index contributed by atoms with van der Waals surface area (Å²) in [5, 5.41) is 18.2. The molecule has 0 bridgehead atoms. The van der Waals surface area contributed by atoms with Gasteiger partial charge in [-0.15, -0.1) is 11.3 Å². The Morgan fingerprint density at radius 3 is 2.64 bits per heavy atom. The Morgan fingerprint density at radius 2 is 1.93 bits per heavy atom. The molecule has 2 aromatic carbocycles. The van der Waals surface area contributed by atoms with E-state index >= 15 is 0 Å². The molecule has 3 N–H and O–H groups in total. The number of methoxy groups -OCH3 is 1. The predicted octanol–water partition coefficient (Wildman–Crippen LogP) is 3.74. The van der Waals surface area contributed by atoms with Crippen LogP contribution in [0.4, 0.5) is 0 Å². The lowest BCUT2D eigenvalue weighted by Gasteiger charge is -2.14. The van der Waals surface area contributed by atoms with Gasteiger partial charge in [0.1, 0.15) is 11.9 Å². The number of aliphatic hydroxyl groups is 1. The molecule has 28 heavy (non-hydrogen) atoms. The summed E-state index contributed by atoms with van der Waals surface area (Å²) in [4.78, 5) is 5.20. The minimum Gasteiger partial charge on any atom is -0.497 e. The first-order valence-corrected chi connectivity index (χ1v) is 10.2. The molecule has 0 amide bonds. The minimum atomic E-state index is -0.560. The van der Waals surface area contributed by atoms with Gasteiger partial charge in [0, 0.05) is 29.7 Å². The molecule has 3 aromatic rings. The number of aryl methyl sites for hydroxylation is 1. The molecule has 0 spiro atoms. The topological polar surface area (TPSA) is 65.9 Å². The van der Waals surface area contributed by atoms with E-state index in [1.807, 2.05) is 24.3 Å². The predicted molar refractivity (Wildman–Crippen MR) is 117 cm³/mol. The van der Waals surface area contributed by atoms with Crippen molar-refractivity contribution in [1.29, 1.82) is 0 Å². The number of fused-ring (bicyclic) bond motifs is 1. The van der Waals surface area contributed by atoms with Gasteiger partial charge in [-0.25, -0.2) is 0 Å². The Balaban J connectivity index is 1.41. The first-order chi connectivity index (χ1) is 13.7. The number of hydrogen-bond acceptors (Lipinski definition) is 4. The van der Waals surface area contributed by atoms with E-state index in [0.29, 0.717) is 12.5 Å². The Kier molecular flexibility index (Phi) is 7.28. The first kappa shape index (κ1) is 20.2. The van der Waals surface area contributed by atoms with Gasteiger partial charge in [-0.05, 0) is 48.1 Å². The quantitative estimate of drug-likeness (QED) is 0.308. The number of aliphatic imine (C=N–C) groups is 1. The van der Waals surface area contributed by atoms with Crippen molar-refractivity contribution in [2.75, 3.05) is 27.2 Å². The molecule has 1 unspecified atom stereocenters. The van der Waals surface area contributed by atoms with Crippen molar-refractivity contribution in [1.82, 2.24) is 10.6 Å². The smallest absolute Gasteiger partial charge is 0.191 e. The number of nitrogens with one attached hydrogen (secondary N) is 2. The maximum atomic E-state index is 10.5. The van der Waals surface area contributed by atoms with E-state index in [-0.39, 0.29) is 0 Å². The number of hydrogen-bond donors (Lipinski definition) is 3. The zero-order chi connectivity index (χ0) is 19.8. The molecule has 0 saturated carbocycles. The second kappa shape index (κ2) is 10.1. The third kappa shape index (κ3) is 5.47. The summed E-state index contributed by atoms with van der Waals surface area (Å²) in [5.74, 6) is 1.58. The molecule has 3 rings (SSSR count). The molecule has 0 radical (unpaired) electrons. The van der Waals surface area contributed by atoms with Gasteiger partial charge in [-0.3, -0.25) is 4.99 Å². The normalized spacial score (nSPS) is 12.8. The number of nitrogens with zero attached hydrogens (tertiary/aromatic N) is 1. The number of guanidine groups is 1. The summed E-state index contributed by atoms with van der Waals surface area (Å²) in [7, 11) is 3.42. The van der Waals surface area contributed by atoms with Crippen LogP contribution in [0.2, 0.25) is 0 Å². The summed E-state index contributed by atoms with van der Waals surface area (Å²) < 4.78 is 6.37. The minimum absolute atomic E-state index is 0.422. The van der Waals surface area contributed by atoms with Crippen molar-refractivity contribution in [3.8, 4) is 5.75 Å². The lowest BCUT2D eigenvalue weighted by atomic mass is 10.1. The van der Waals surface area contributed by atoms with Crippen LogP contribution >= 0.6 is 11.3 Å². The summed E-state index contributed by atoms with van der Waals surface area (Å²) in [5.41, 5.74) is 1.28. The monoisotopic (exact) mass is 397 g/mol. The van der Waals surface area contributed by atoms with Gasteiger partial charge in [-0.1, -0.05) is 30.3 Å². The fourth-order valence-corrected chi connectivity index (χ4v) is 4.02. The lowest BCUT2D eigenvalue weighted by molar-refractivity contribution is 0.184. The highest BCUT2D eigenvalue weighted by molar-refractivity contribution is 7.19. The molecule has 0 saturated heterocycles. The van der Waals surface area contributed by atoms with Crippen molar-refractivity contribution < 1.29 is 9.84 Å². The van der Waals surface area contributed by atoms with Gasteiger partial charge in [0.2, 0.25) is 0 Å². The van der Waals surface area contributed by atoms with Gasteiger partial charge in [0.15, 0.2) is 5.96 Å². The largest absolute Gasteiger partial charge is 0.497 e. The van der Waals surface area contributed by atoms with Crippen molar-refractivity contribution in [3.05, 3.63) is 65.0 Å². The number of ether oxygens (including phenoxy) is 1. The third-order valence-electron chi connectivity index (χ3n) is 4.55. The molecular formula is C22H27N3O2S. The number of benzene rings is 2. The molecular weight excluding hydrogens is 370 g/mol. The van der Waals surface area contributed by atoms with Crippen molar-refractivity contribution >= 4 is 27.4 Å². The van der Waals surface area contributed by atoms with E-state index in [4.69, 9.17) is 4.74 Å². The van der Waals surface area contributed by atoms with E-state index in [2.05, 4.69) is 46.0 Å². The Morgan fingerprint density at radius 1 is 1.14 bits per heavy atom. The van der Waals surface area contributed by atoms with Crippen LogP contribution in [0.1, 0.15) is 23.0 Å². The summed E-state index contributed by atoms with van der Waals surface area (Å²) in [6.45, 7) is 1.23. The zero-order valence-electron chi connectivity index (χ0n) is 16.3. The maximum absolute atomic E-state index is 10.5. The maximum Gasteiger partial charge on any atom is 0.191 e.